The third-order valence-electron chi connectivity index (χ3n) is 3.13. The Labute approximate surface area is 126 Å². The van der Waals surface area contributed by atoms with E-state index < -0.39 is 10.7 Å². The maximum Gasteiger partial charge on any atom is 0.274 e. The number of thiazole rings is 1. The van der Waals surface area contributed by atoms with Crippen molar-refractivity contribution in [2.45, 2.75) is 32.9 Å². The van der Waals surface area contributed by atoms with Crippen LogP contribution in [0.2, 0.25) is 0 Å². The molecule has 0 aliphatic carbocycles. The Bertz CT molecular complexity index is 645. The molecule has 0 saturated heterocycles. The fourth-order valence-corrected chi connectivity index (χ4v) is 2.79. The lowest BCUT2D eigenvalue weighted by Gasteiger charge is -2.11. The van der Waals surface area contributed by atoms with E-state index in [0.29, 0.717) is 5.56 Å². The second kappa shape index (κ2) is 6.73. The van der Waals surface area contributed by atoms with Gasteiger partial charge in [0.05, 0.1) is 11.0 Å². The van der Waals surface area contributed by atoms with Crippen LogP contribution < -0.4 is 5.32 Å². The highest BCUT2D eigenvalue weighted by Crippen LogP contribution is 2.23. The first kappa shape index (κ1) is 15.5. The number of hydrogen-bond donors (Lipinski definition) is 1. The summed E-state index contributed by atoms with van der Waals surface area (Å²) in [6, 6.07) is 3.43. The van der Waals surface area contributed by atoms with Crippen LogP contribution in [0.5, 0.6) is 0 Å². The van der Waals surface area contributed by atoms with Gasteiger partial charge in [0.25, 0.3) is 5.69 Å². The van der Waals surface area contributed by atoms with Crippen LogP contribution in [0, 0.1) is 15.9 Å². The molecular formula is C14H16FN3O2S. The fourth-order valence-electron chi connectivity index (χ4n) is 1.91. The van der Waals surface area contributed by atoms with Crippen LogP contribution in [-0.4, -0.2) is 9.91 Å². The molecule has 0 aliphatic rings. The fraction of sp³-hybridized carbons (Fsp3) is 0.357. The van der Waals surface area contributed by atoms with Gasteiger partial charge in [0.1, 0.15) is 10.8 Å². The van der Waals surface area contributed by atoms with Crippen LogP contribution in [0.4, 0.5) is 10.1 Å². The quantitative estimate of drug-likeness (QED) is 0.654. The van der Waals surface area contributed by atoms with Gasteiger partial charge >= 0.3 is 0 Å². The number of rotatable bonds is 6. The van der Waals surface area contributed by atoms with Gasteiger partial charge in [-0.3, -0.25) is 10.1 Å². The zero-order valence-corrected chi connectivity index (χ0v) is 12.6. The normalized spacial score (nSPS) is 12.3. The maximum atomic E-state index is 13.2. The van der Waals surface area contributed by atoms with E-state index >= 15 is 0 Å². The summed E-state index contributed by atoms with van der Waals surface area (Å²) in [5.74, 6) is -0.479. The van der Waals surface area contributed by atoms with Crippen molar-refractivity contribution in [1.29, 1.82) is 0 Å². The van der Waals surface area contributed by atoms with Crippen molar-refractivity contribution in [1.82, 2.24) is 10.3 Å². The summed E-state index contributed by atoms with van der Waals surface area (Å²) < 4.78 is 13.2. The molecule has 112 valence electrons. The highest BCUT2D eigenvalue weighted by molar-refractivity contribution is 7.11. The summed E-state index contributed by atoms with van der Waals surface area (Å²) in [6.45, 7) is 4.21. The van der Waals surface area contributed by atoms with Crippen LogP contribution in [0.1, 0.15) is 35.3 Å². The molecule has 0 bridgehead atoms. The molecule has 5 nitrogen and oxygen atoms in total. The van der Waals surface area contributed by atoms with E-state index in [-0.39, 0.29) is 18.3 Å². The number of hydrogen-bond acceptors (Lipinski definition) is 5. The minimum atomic E-state index is -0.500. The molecule has 1 heterocycles. The molecule has 1 aromatic heterocycles. The van der Waals surface area contributed by atoms with Crippen molar-refractivity contribution >= 4 is 17.0 Å². The van der Waals surface area contributed by atoms with Crippen LogP contribution in [0.3, 0.4) is 0 Å². The van der Waals surface area contributed by atoms with Gasteiger partial charge in [-0.2, -0.15) is 0 Å². The average Bonchev–Trinajstić information content (AvgIpc) is 2.93. The standard InChI is InChI=1S/C14H16FN3O2S/c1-3-12-8-17-14(21-12)9(2)16-7-10-6-11(15)4-5-13(10)18(19)20/h4-6,8-9,16H,3,7H2,1-2H3. The molecule has 7 heteroatoms. The Hall–Kier alpha value is -1.86. The Morgan fingerprint density at radius 3 is 2.90 bits per heavy atom. The number of nitro benzene ring substituents is 1. The molecule has 1 unspecified atom stereocenters. The predicted octanol–water partition coefficient (Wildman–Crippen LogP) is 3.60. The molecular weight excluding hydrogens is 293 g/mol. The first-order valence-corrected chi connectivity index (χ1v) is 7.43. The lowest BCUT2D eigenvalue weighted by molar-refractivity contribution is -0.385. The van der Waals surface area contributed by atoms with E-state index in [1.54, 1.807) is 11.3 Å². The number of aryl methyl sites for hydroxylation is 1. The Morgan fingerprint density at radius 2 is 2.29 bits per heavy atom. The molecule has 0 saturated carbocycles. The predicted molar refractivity (Wildman–Crippen MR) is 79.8 cm³/mol. The summed E-state index contributed by atoms with van der Waals surface area (Å²) in [7, 11) is 0. The van der Waals surface area contributed by atoms with Crippen LogP contribution in [-0.2, 0) is 13.0 Å². The average molecular weight is 309 g/mol. The Morgan fingerprint density at radius 1 is 1.52 bits per heavy atom. The smallest absolute Gasteiger partial charge is 0.274 e. The summed E-state index contributed by atoms with van der Waals surface area (Å²) >= 11 is 1.61. The van der Waals surface area contributed by atoms with E-state index in [4.69, 9.17) is 0 Å². The summed E-state index contributed by atoms with van der Waals surface area (Å²) in [5, 5.41) is 15.0. The van der Waals surface area contributed by atoms with Crippen molar-refractivity contribution in [2.75, 3.05) is 0 Å². The van der Waals surface area contributed by atoms with Crippen molar-refractivity contribution in [3.63, 3.8) is 0 Å². The molecule has 0 fully saturated rings. The van der Waals surface area contributed by atoms with E-state index in [0.717, 1.165) is 17.5 Å². The Balaban J connectivity index is 2.08. The molecule has 0 spiro atoms. The van der Waals surface area contributed by atoms with Gasteiger partial charge in [-0.25, -0.2) is 9.37 Å². The summed E-state index contributed by atoms with van der Waals surface area (Å²) in [5.41, 5.74) is 0.253. The molecule has 2 rings (SSSR count). The van der Waals surface area contributed by atoms with Crippen LogP contribution in [0.15, 0.2) is 24.4 Å². The zero-order chi connectivity index (χ0) is 15.4. The number of nitrogens with one attached hydrogen (secondary N) is 1. The summed E-state index contributed by atoms with van der Waals surface area (Å²) in [4.78, 5) is 15.9. The van der Waals surface area contributed by atoms with Crippen molar-refractivity contribution in [3.8, 4) is 0 Å². The third-order valence-corrected chi connectivity index (χ3v) is 4.45. The molecule has 21 heavy (non-hydrogen) atoms. The van der Waals surface area contributed by atoms with E-state index in [1.165, 1.54) is 17.0 Å². The lowest BCUT2D eigenvalue weighted by atomic mass is 10.1. The SMILES string of the molecule is CCc1cnc(C(C)NCc2cc(F)ccc2[N+](=O)[O-])s1. The second-order valence-electron chi connectivity index (χ2n) is 4.65. The first-order chi connectivity index (χ1) is 10.0. The van der Waals surface area contributed by atoms with Gasteiger partial charge in [0, 0.05) is 29.2 Å². The highest BCUT2D eigenvalue weighted by Gasteiger charge is 2.16. The second-order valence-corrected chi connectivity index (χ2v) is 5.80. The van der Waals surface area contributed by atoms with E-state index in [1.807, 2.05) is 13.1 Å². The molecule has 1 N–H and O–H groups in total. The van der Waals surface area contributed by atoms with E-state index in [9.17, 15) is 14.5 Å². The molecule has 2 aromatic rings. The van der Waals surface area contributed by atoms with Gasteiger partial charge in [0.15, 0.2) is 0 Å². The number of nitrogens with zero attached hydrogens (tertiary/aromatic N) is 2. The van der Waals surface area contributed by atoms with E-state index in [2.05, 4.69) is 17.2 Å². The van der Waals surface area contributed by atoms with Gasteiger partial charge in [-0.05, 0) is 25.5 Å². The first-order valence-electron chi connectivity index (χ1n) is 6.62. The molecule has 1 aromatic carbocycles. The minimum absolute atomic E-state index is 0.0434. The lowest BCUT2D eigenvalue weighted by Crippen LogP contribution is -2.18. The molecule has 0 aliphatic heterocycles. The maximum absolute atomic E-state index is 13.2. The number of nitro groups is 1. The van der Waals surface area contributed by atoms with Gasteiger partial charge in [-0.15, -0.1) is 11.3 Å². The molecule has 0 radical (unpaired) electrons. The highest BCUT2D eigenvalue weighted by atomic mass is 32.1. The number of benzene rings is 1. The molecule has 1 atom stereocenters. The third kappa shape index (κ3) is 3.83. The van der Waals surface area contributed by atoms with Crippen LogP contribution in [0.25, 0.3) is 0 Å². The topological polar surface area (TPSA) is 68.1 Å². The van der Waals surface area contributed by atoms with Crippen molar-refractivity contribution < 1.29 is 9.31 Å². The van der Waals surface area contributed by atoms with Gasteiger partial charge in [0.2, 0.25) is 0 Å². The van der Waals surface area contributed by atoms with Crippen LogP contribution >= 0.6 is 11.3 Å². The zero-order valence-electron chi connectivity index (χ0n) is 11.8. The van der Waals surface area contributed by atoms with Crippen molar-refractivity contribution in [3.05, 3.63) is 55.8 Å². The number of aromatic nitrogens is 1. The molecule has 0 amide bonds. The largest absolute Gasteiger partial charge is 0.304 e. The monoisotopic (exact) mass is 309 g/mol. The Kier molecular flexibility index (Phi) is 4.98. The minimum Gasteiger partial charge on any atom is -0.304 e. The summed E-state index contributed by atoms with van der Waals surface area (Å²) in [6.07, 6.45) is 2.77. The number of halogens is 1. The van der Waals surface area contributed by atoms with Crippen molar-refractivity contribution in [2.24, 2.45) is 0 Å². The van der Waals surface area contributed by atoms with Gasteiger partial charge < -0.3 is 5.32 Å². The van der Waals surface area contributed by atoms with Gasteiger partial charge in [-0.1, -0.05) is 6.92 Å².